The molecule has 1 fully saturated rings. The summed E-state index contributed by atoms with van der Waals surface area (Å²) >= 11 is 3.55. The number of hydrogen-bond acceptors (Lipinski definition) is 2. The zero-order valence-electron chi connectivity index (χ0n) is 7.38. The van der Waals surface area contributed by atoms with Crippen molar-refractivity contribution < 1.29 is 9.53 Å². The molecule has 0 unspecified atom stereocenters. The number of halogens is 1. The van der Waals surface area contributed by atoms with Gasteiger partial charge in [0.05, 0.1) is 12.5 Å². The summed E-state index contributed by atoms with van der Waals surface area (Å²) in [6, 6.07) is 0. The number of esters is 1. The summed E-state index contributed by atoms with van der Waals surface area (Å²) in [5.74, 6) is 0.163. The number of hydrogen-bond donors (Lipinski definition) is 0. The third-order valence-corrected chi connectivity index (χ3v) is 3.19. The fourth-order valence-corrected chi connectivity index (χ4v) is 2.08. The smallest absolute Gasteiger partial charge is 0.308 e. The predicted molar refractivity (Wildman–Crippen MR) is 51.3 cm³/mol. The van der Waals surface area contributed by atoms with Gasteiger partial charge in [0.15, 0.2) is 0 Å². The molecule has 0 saturated heterocycles. The number of carbonyl (C=O) groups excluding carboxylic acids is 1. The molecule has 1 aliphatic rings. The van der Waals surface area contributed by atoms with Crippen LogP contribution in [0.15, 0.2) is 0 Å². The number of ether oxygens (including phenoxy) is 1. The van der Waals surface area contributed by atoms with E-state index in [1.165, 1.54) is 0 Å². The van der Waals surface area contributed by atoms with Crippen LogP contribution in [0.3, 0.4) is 0 Å². The molecule has 1 aliphatic carbocycles. The van der Waals surface area contributed by atoms with Crippen LogP contribution in [0.2, 0.25) is 0 Å². The third kappa shape index (κ3) is 2.77. The maximum atomic E-state index is 11.3. The van der Waals surface area contributed by atoms with Crippen LogP contribution >= 0.6 is 15.9 Å². The summed E-state index contributed by atoms with van der Waals surface area (Å²) < 4.78 is 4.96. The van der Waals surface area contributed by atoms with Crippen LogP contribution in [-0.4, -0.2) is 17.4 Å². The average Bonchev–Trinajstić information content (AvgIpc) is 2.06. The van der Waals surface area contributed by atoms with Crippen molar-refractivity contribution in [1.82, 2.24) is 0 Å². The van der Waals surface area contributed by atoms with Gasteiger partial charge in [-0.05, 0) is 32.6 Å². The fourth-order valence-electron chi connectivity index (χ4n) is 1.55. The molecule has 0 aromatic heterocycles. The highest BCUT2D eigenvalue weighted by atomic mass is 79.9. The van der Waals surface area contributed by atoms with Crippen molar-refractivity contribution in [1.29, 1.82) is 0 Å². The van der Waals surface area contributed by atoms with Crippen molar-refractivity contribution in [3.8, 4) is 0 Å². The van der Waals surface area contributed by atoms with Crippen molar-refractivity contribution in [3.63, 3.8) is 0 Å². The van der Waals surface area contributed by atoms with Crippen LogP contribution < -0.4 is 0 Å². The minimum atomic E-state index is -0.00287. The molecule has 0 atom stereocenters. The minimum Gasteiger partial charge on any atom is -0.466 e. The second kappa shape index (κ2) is 4.85. The Balaban J connectivity index is 2.29. The molecule has 0 bridgehead atoms. The van der Waals surface area contributed by atoms with Crippen molar-refractivity contribution in [2.45, 2.75) is 37.4 Å². The summed E-state index contributed by atoms with van der Waals surface area (Å²) in [5.41, 5.74) is 0. The predicted octanol–water partition coefficient (Wildman–Crippen LogP) is 2.50. The maximum Gasteiger partial charge on any atom is 0.308 e. The standard InChI is InChI=1S/C9H15BrO2/c1-2-12-9(11)7-3-5-8(10)6-4-7/h7-8H,2-6H2,1H3. The van der Waals surface area contributed by atoms with Gasteiger partial charge in [-0.1, -0.05) is 15.9 Å². The first kappa shape index (κ1) is 10.0. The second-order valence-electron chi connectivity index (χ2n) is 3.20. The third-order valence-electron chi connectivity index (χ3n) is 2.28. The molecular weight excluding hydrogens is 220 g/mol. The molecule has 2 nitrogen and oxygen atoms in total. The van der Waals surface area contributed by atoms with Gasteiger partial charge in [0, 0.05) is 4.83 Å². The van der Waals surface area contributed by atoms with Crippen LogP contribution in [0.5, 0.6) is 0 Å². The Kier molecular flexibility index (Phi) is 4.06. The largest absolute Gasteiger partial charge is 0.466 e. The Labute approximate surface area is 81.8 Å². The second-order valence-corrected chi connectivity index (χ2v) is 4.50. The molecule has 3 heteroatoms. The van der Waals surface area contributed by atoms with Gasteiger partial charge in [-0.2, -0.15) is 0 Å². The van der Waals surface area contributed by atoms with Gasteiger partial charge in [-0.15, -0.1) is 0 Å². The van der Waals surface area contributed by atoms with E-state index in [4.69, 9.17) is 4.74 Å². The van der Waals surface area contributed by atoms with E-state index < -0.39 is 0 Å². The van der Waals surface area contributed by atoms with Crippen LogP contribution in [0, 0.1) is 5.92 Å². The Bertz CT molecular complexity index is 151. The van der Waals surface area contributed by atoms with Crippen molar-refractivity contribution in [3.05, 3.63) is 0 Å². The van der Waals surface area contributed by atoms with Crippen LogP contribution in [0.4, 0.5) is 0 Å². The molecule has 0 amide bonds. The highest BCUT2D eigenvalue weighted by Crippen LogP contribution is 2.29. The molecule has 0 aliphatic heterocycles. The average molecular weight is 235 g/mol. The number of rotatable bonds is 2. The number of alkyl halides is 1. The minimum absolute atomic E-state index is 0.00287. The Hall–Kier alpha value is -0.0500. The number of carbonyl (C=O) groups is 1. The first-order valence-corrected chi connectivity index (χ1v) is 5.46. The topological polar surface area (TPSA) is 26.3 Å². The van der Waals surface area contributed by atoms with E-state index in [0.29, 0.717) is 11.4 Å². The quantitative estimate of drug-likeness (QED) is 0.543. The normalized spacial score (nSPS) is 29.8. The summed E-state index contributed by atoms with van der Waals surface area (Å²) in [6.45, 7) is 2.36. The molecule has 70 valence electrons. The summed E-state index contributed by atoms with van der Waals surface area (Å²) in [7, 11) is 0. The molecule has 0 aromatic rings. The molecule has 1 rings (SSSR count). The molecular formula is C9H15BrO2. The summed E-state index contributed by atoms with van der Waals surface area (Å²) in [5, 5.41) is 0. The van der Waals surface area contributed by atoms with E-state index in [1.54, 1.807) is 0 Å². The van der Waals surface area contributed by atoms with E-state index in [2.05, 4.69) is 15.9 Å². The van der Waals surface area contributed by atoms with E-state index in [1.807, 2.05) is 6.92 Å². The summed E-state index contributed by atoms with van der Waals surface area (Å²) in [6.07, 6.45) is 4.16. The summed E-state index contributed by atoms with van der Waals surface area (Å²) in [4.78, 5) is 11.9. The zero-order chi connectivity index (χ0) is 8.97. The first-order valence-electron chi connectivity index (χ1n) is 4.54. The monoisotopic (exact) mass is 234 g/mol. The van der Waals surface area contributed by atoms with E-state index in [-0.39, 0.29) is 11.9 Å². The molecule has 0 N–H and O–H groups in total. The first-order chi connectivity index (χ1) is 5.74. The Morgan fingerprint density at radius 2 is 2.00 bits per heavy atom. The van der Waals surface area contributed by atoms with Crippen LogP contribution in [-0.2, 0) is 9.53 Å². The van der Waals surface area contributed by atoms with Gasteiger partial charge in [0.25, 0.3) is 0 Å². The van der Waals surface area contributed by atoms with Crippen molar-refractivity contribution >= 4 is 21.9 Å². The van der Waals surface area contributed by atoms with Crippen molar-refractivity contribution in [2.75, 3.05) is 6.61 Å². The van der Waals surface area contributed by atoms with Gasteiger partial charge in [-0.25, -0.2) is 0 Å². The SMILES string of the molecule is CCOC(=O)C1CCC(Br)CC1. The van der Waals surface area contributed by atoms with Crippen LogP contribution in [0.1, 0.15) is 32.6 Å². The van der Waals surface area contributed by atoms with Gasteiger partial charge >= 0.3 is 5.97 Å². The van der Waals surface area contributed by atoms with E-state index in [0.717, 1.165) is 25.7 Å². The molecule has 0 heterocycles. The lowest BCUT2D eigenvalue weighted by Crippen LogP contribution is -2.23. The van der Waals surface area contributed by atoms with Crippen molar-refractivity contribution in [2.24, 2.45) is 5.92 Å². The van der Waals surface area contributed by atoms with Gasteiger partial charge in [0.1, 0.15) is 0 Å². The zero-order valence-corrected chi connectivity index (χ0v) is 8.97. The van der Waals surface area contributed by atoms with Gasteiger partial charge in [-0.3, -0.25) is 4.79 Å². The van der Waals surface area contributed by atoms with Crippen LogP contribution in [0.25, 0.3) is 0 Å². The highest BCUT2D eigenvalue weighted by molar-refractivity contribution is 9.09. The highest BCUT2D eigenvalue weighted by Gasteiger charge is 2.25. The maximum absolute atomic E-state index is 11.3. The lowest BCUT2D eigenvalue weighted by Gasteiger charge is -2.23. The molecule has 0 spiro atoms. The molecule has 1 saturated carbocycles. The van der Waals surface area contributed by atoms with E-state index in [9.17, 15) is 4.79 Å². The van der Waals surface area contributed by atoms with E-state index >= 15 is 0 Å². The fraction of sp³-hybridized carbons (Fsp3) is 0.889. The Morgan fingerprint density at radius 3 is 2.50 bits per heavy atom. The lowest BCUT2D eigenvalue weighted by atomic mass is 9.89. The molecule has 12 heavy (non-hydrogen) atoms. The molecule has 0 aromatic carbocycles. The molecule has 0 radical (unpaired) electrons. The Morgan fingerprint density at radius 1 is 1.42 bits per heavy atom. The lowest BCUT2D eigenvalue weighted by molar-refractivity contribution is -0.149. The van der Waals surface area contributed by atoms with Gasteiger partial charge < -0.3 is 4.74 Å². The van der Waals surface area contributed by atoms with Gasteiger partial charge in [0.2, 0.25) is 0 Å².